The summed E-state index contributed by atoms with van der Waals surface area (Å²) in [5.74, 6) is -0.352. The molecule has 0 radical (unpaired) electrons. The molecule has 1 aliphatic rings. The number of nitrogens with zero attached hydrogens (tertiary/aromatic N) is 2. The van der Waals surface area contributed by atoms with Crippen LogP contribution >= 0.6 is 11.3 Å². The molecule has 1 aromatic carbocycles. The largest absolute Gasteiger partial charge is 0.300 e. The molecule has 1 aromatic heterocycles. The molecule has 1 N–H and O–H groups in total. The number of halogens is 1. The molecule has 0 saturated heterocycles. The Morgan fingerprint density at radius 2 is 1.90 bits per heavy atom. The molecule has 1 fully saturated rings. The average Bonchev–Trinajstić information content (AvgIpc) is 3.10. The van der Waals surface area contributed by atoms with Crippen molar-refractivity contribution in [1.29, 1.82) is 0 Å². The molecule has 1 saturated carbocycles. The Kier molecular flexibility index (Phi) is 3.71. The lowest BCUT2D eigenvalue weighted by Gasteiger charge is -2.27. The van der Waals surface area contributed by atoms with E-state index < -0.39 is 5.41 Å². The minimum absolute atomic E-state index is 0.0669. The summed E-state index contributed by atoms with van der Waals surface area (Å²) in [7, 11) is 0. The van der Waals surface area contributed by atoms with E-state index in [1.165, 1.54) is 23.5 Å². The highest BCUT2D eigenvalue weighted by Crippen LogP contribution is 2.42. The maximum Gasteiger partial charge on any atom is 0.236 e. The van der Waals surface area contributed by atoms with E-state index >= 15 is 0 Å². The second kappa shape index (κ2) is 5.52. The van der Waals surface area contributed by atoms with Crippen LogP contribution in [0.15, 0.2) is 24.3 Å². The second-order valence-electron chi connectivity index (χ2n) is 5.38. The van der Waals surface area contributed by atoms with Crippen LogP contribution in [-0.2, 0) is 10.2 Å². The summed E-state index contributed by atoms with van der Waals surface area (Å²) in [5, 5.41) is 12.1. The molecule has 110 valence electrons. The van der Waals surface area contributed by atoms with Crippen molar-refractivity contribution in [2.24, 2.45) is 0 Å². The monoisotopic (exact) mass is 305 g/mol. The maximum absolute atomic E-state index is 13.1. The summed E-state index contributed by atoms with van der Waals surface area (Å²) in [6.07, 6.45) is 3.56. The molecule has 6 heteroatoms. The van der Waals surface area contributed by atoms with Crippen LogP contribution in [0.4, 0.5) is 9.52 Å². The van der Waals surface area contributed by atoms with Crippen LogP contribution in [0.3, 0.4) is 0 Å². The van der Waals surface area contributed by atoms with Gasteiger partial charge in [-0.2, -0.15) is 0 Å². The number of hydrogen-bond acceptors (Lipinski definition) is 4. The third-order valence-corrected chi connectivity index (χ3v) is 4.79. The van der Waals surface area contributed by atoms with E-state index in [1.807, 2.05) is 6.92 Å². The van der Waals surface area contributed by atoms with Crippen molar-refractivity contribution >= 4 is 22.4 Å². The Morgan fingerprint density at radius 3 is 2.48 bits per heavy atom. The molecule has 21 heavy (non-hydrogen) atoms. The first kappa shape index (κ1) is 14.1. The molecule has 4 nitrogen and oxygen atoms in total. The van der Waals surface area contributed by atoms with Crippen LogP contribution in [0.25, 0.3) is 0 Å². The molecule has 0 spiro atoms. The van der Waals surface area contributed by atoms with E-state index in [0.717, 1.165) is 36.3 Å². The summed E-state index contributed by atoms with van der Waals surface area (Å²) < 4.78 is 13.1. The lowest BCUT2D eigenvalue weighted by molar-refractivity contribution is -0.121. The predicted octanol–water partition coefficient (Wildman–Crippen LogP) is 3.44. The first-order chi connectivity index (χ1) is 10.1. The fourth-order valence-electron chi connectivity index (χ4n) is 2.96. The first-order valence-electron chi connectivity index (χ1n) is 6.98. The van der Waals surface area contributed by atoms with Gasteiger partial charge in [-0.3, -0.25) is 10.1 Å². The van der Waals surface area contributed by atoms with Crippen LogP contribution < -0.4 is 5.32 Å². The topological polar surface area (TPSA) is 54.9 Å². The fraction of sp³-hybridized carbons (Fsp3) is 0.400. The molecule has 1 amide bonds. The predicted molar refractivity (Wildman–Crippen MR) is 79.8 cm³/mol. The number of anilines is 1. The first-order valence-corrected chi connectivity index (χ1v) is 7.79. The van der Waals surface area contributed by atoms with Gasteiger partial charge >= 0.3 is 0 Å². The van der Waals surface area contributed by atoms with E-state index in [2.05, 4.69) is 15.5 Å². The van der Waals surface area contributed by atoms with Crippen molar-refractivity contribution in [3.8, 4) is 0 Å². The molecule has 3 rings (SSSR count). The van der Waals surface area contributed by atoms with Crippen molar-refractivity contribution in [1.82, 2.24) is 10.2 Å². The highest BCUT2D eigenvalue weighted by molar-refractivity contribution is 7.15. The summed E-state index contributed by atoms with van der Waals surface area (Å²) in [5.41, 5.74) is 0.299. The van der Waals surface area contributed by atoms with Crippen molar-refractivity contribution in [2.75, 3.05) is 5.32 Å². The van der Waals surface area contributed by atoms with Crippen molar-refractivity contribution < 1.29 is 9.18 Å². The number of amides is 1. The Morgan fingerprint density at radius 1 is 1.24 bits per heavy atom. The van der Waals surface area contributed by atoms with E-state index in [0.29, 0.717) is 5.13 Å². The van der Waals surface area contributed by atoms with Gasteiger partial charge in [0.2, 0.25) is 11.0 Å². The van der Waals surface area contributed by atoms with Gasteiger partial charge in [0.15, 0.2) is 0 Å². The molecular formula is C15H16FN3OS. The molecule has 0 bridgehead atoms. The molecule has 0 unspecified atom stereocenters. The molecule has 1 aliphatic carbocycles. The molecular weight excluding hydrogens is 289 g/mol. The fourth-order valence-corrected chi connectivity index (χ4v) is 3.54. The summed E-state index contributed by atoms with van der Waals surface area (Å²) >= 11 is 1.36. The van der Waals surface area contributed by atoms with Crippen LogP contribution in [0, 0.1) is 12.7 Å². The quantitative estimate of drug-likeness (QED) is 0.945. The summed E-state index contributed by atoms with van der Waals surface area (Å²) in [6, 6.07) is 6.26. The van der Waals surface area contributed by atoms with E-state index in [9.17, 15) is 9.18 Å². The Balaban J connectivity index is 1.89. The molecule has 0 atom stereocenters. The number of rotatable bonds is 3. The molecule has 1 heterocycles. The minimum Gasteiger partial charge on any atom is -0.300 e. The Hall–Kier alpha value is -1.82. The minimum atomic E-state index is -0.576. The highest BCUT2D eigenvalue weighted by Gasteiger charge is 2.43. The Labute approximate surface area is 126 Å². The SMILES string of the molecule is Cc1nnc(NC(=O)C2(c3ccc(F)cc3)CCCC2)s1. The number of nitrogens with one attached hydrogen (secondary N) is 1. The zero-order valence-corrected chi connectivity index (χ0v) is 12.5. The van der Waals surface area contributed by atoms with E-state index in [4.69, 9.17) is 0 Å². The zero-order chi connectivity index (χ0) is 14.9. The van der Waals surface area contributed by atoms with Gasteiger partial charge in [0.05, 0.1) is 5.41 Å². The maximum atomic E-state index is 13.1. The van der Waals surface area contributed by atoms with Crippen LogP contribution in [0.2, 0.25) is 0 Å². The normalized spacial score (nSPS) is 16.9. The highest BCUT2D eigenvalue weighted by atomic mass is 32.1. The third kappa shape index (κ3) is 2.68. The number of hydrogen-bond donors (Lipinski definition) is 1. The summed E-state index contributed by atoms with van der Waals surface area (Å²) in [4.78, 5) is 12.8. The third-order valence-electron chi connectivity index (χ3n) is 4.04. The van der Waals surface area contributed by atoms with Gasteiger partial charge in [-0.1, -0.05) is 36.3 Å². The molecule has 2 aromatic rings. The number of aryl methyl sites for hydroxylation is 1. The van der Waals surface area contributed by atoms with Gasteiger partial charge in [-0.05, 0) is 37.5 Å². The lowest BCUT2D eigenvalue weighted by Crippen LogP contribution is -2.38. The number of benzene rings is 1. The number of carbonyl (C=O) groups excluding carboxylic acids is 1. The van der Waals surface area contributed by atoms with Crippen LogP contribution in [-0.4, -0.2) is 16.1 Å². The van der Waals surface area contributed by atoms with Crippen LogP contribution in [0.1, 0.15) is 36.3 Å². The van der Waals surface area contributed by atoms with Gasteiger partial charge in [0.25, 0.3) is 0 Å². The molecule has 0 aliphatic heterocycles. The van der Waals surface area contributed by atoms with Gasteiger partial charge in [0, 0.05) is 0 Å². The van der Waals surface area contributed by atoms with Crippen molar-refractivity contribution in [3.63, 3.8) is 0 Å². The van der Waals surface area contributed by atoms with Gasteiger partial charge in [-0.15, -0.1) is 10.2 Å². The summed E-state index contributed by atoms with van der Waals surface area (Å²) in [6.45, 7) is 1.85. The van der Waals surface area contributed by atoms with Gasteiger partial charge in [-0.25, -0.2) is 4.39 Å². The van der Waals surface area contributed by atoms with Crippen LogP contribution in [0.5, 0.6) is 0 Å². The zero-order valence-electron chi connectivity index (χ0n) is 11.7. The van der Waals surface area contributed by atoms with Crippen molar-refractivity contribution in [3.05, 3.63) is 40.7 Å². The van der Waals surface area contributed by atoms with Gasteiger partial charge < -0.3 is 0 Å². The van der Waals surface area contributed by atoms with Crippen molar-refractivity contribution in [2.45, 2.75) is 38.0 Å². The standard InChI is InChI=1S/C15H16FN3OS/c1-10-18-19-14(21-10)17-13(20)15(8-2-3-9-15)11-4-6-12(16)7-5-11/h4-7H,2-3,8-9H2,1H3,(H,17,19,20). The van der Waals surface area contributed by atoms with E-state index in [-0.39, 0.29) is 11.7 Å². The van der Waals surface area contributed by atoms with E-state index in [1.54, 1.807) is 12.1 Å². The second-order valence-corrected chi connectivity index (χ2v) is 6.56. The Bertz CT molecular complexity index is 647. The average molecular weight is 305 g/mol. The lowest BCUT2D eigenvalue weighted by atomic mass is 9.78. The van der Waals surface area contributed by atoms with Gasteiger partial charge in [0.1, 0.15) is 10.8 Å². The number of aromatic nitrogens is 2. The smallest absolute Gasteiger partial charge is 0.236 e. The number of carbonyl (C=O) groups is 1.